The fraction of sp³-hybridized carbons (Fsp3) is 0.143. The van der Waals surface area contributed by atoms with Crippen molar-refractivity contribution in [2.45, 2.75) is 13.1 Å². The Morgan fingerprint density at radius 3 is 2.52 bits per heavy atom. The molecule has 1 N–H and O–H groups in total. The zero-order chi connectivity index (χ0) is 15.6. The Hall–Kier alpha value is -2.57. The maximum atomic E-state index is 12.6. The minimum Gasteiger partial charge on any atom is -0.478 e. The molecular weight excluding hydrogens is 287 g/mol. The standard InChI is InChI=1S/C14H10F3NO3/c1-8-11(13(19)20)5-6-12(18-8)21-10-4-2-3-9(7-10)14(15,16)17/h2-7H,1H3,(H,19,20). The van der Waals surface area contributed by atoms with Crippen LogP contribution in [0.2, 0.25) is 0 Å². The molecule has 1 aromatic carbocycles. The molecule has 0 aliphatic heterocycles. The number of pyridine rings is 1. The van der Waals surface area contributed by atoms with Crippen molar-refractivity contribution in [3.05, 3.63) is 53.2 Å². The third-order valence-corrected chi connectivity index (χ3v) is 2.67. The summed E-state index contributed by atoms with van der Waals surface area (Å²) in [4.78, 5) is 14.7. The highest BCUT2D eigenvalue weighted by Gasteiger charge is 2.30. The number of hydrogen-bond acceptors (Lipinski definition) is 3. The molecule has 4 nitrogen and oxygen atoms in total. The highest BCUT2D eigenvalue weighted by molar-refractivity contribution is 5.88. The Morgan fingerprint density at radius 2 is 1.95 bits per heavy atom. The average molecular weight is 297 g/mol. The highest BCUT2D eigenvalue weighted by Crippen LogP contribution is 2.32. The van der Waals surface area contributed by atoms with Gasteiger partial charge in [0.2, 0.25) is 5.88 Å². The van der Waals surface area contributed by atoms with Crippen LogP contribution in [0, 0.1) is 6.92 Å². The molecule has 1 aromatic heterocycles. The lowest BCUT2D eigenvalue weighted by molar-refractivity contribution is -0.137. The molecule has 1 heterocycles. The number of aryl methyl sites for hydroxylation is 1. The quantitative estimate of drug-likeness (QED) is 0.933. The van der Waals surface area contributed by atoms with E-state index in [0.717, 1.165) is 12.1 Å². The second-order valence-electron chi connectivity index (χ2n) is 4.22. The second-order valence-corrected chi connectivity index (χ2v) is 4.22. The van der Waals surface area contributed by atoms with E-state index in [9.17, 15) is 18.0 Å². The van der Waals surface area contributed by atoms with Crippen molar-refractivity contribution in [1.29, 1.82) is 0 Å². The lowest BCUT2D eigenvalue weighted by Crippen LogP contribution is -2.05. The van der Waals surface area contributed by atoms with Gasteiger partial charge in [0.1, 0.15) is 5.75 Å². The maximum Gasteiger partial charge on any atom is 0.416 e. The highest BCUT2D eigenvalue weighted by atomic mass is 19.4. The molecule has 0 aliphatic rings. The van der Waals surface area contributed by atoms with Gasteiger partial charge in [0, 0.05) is 6.07 Å². The number of aromatic nitrogens is 1. The van der Waals surface area contributed by atoms with Crippen molar-refractivity contribution >= 4 is 5.97 Å². The molecule has 110 valence electrons. The third-order valence-electron chi connectivity index (χ3n) is 2.67. The Kier molecular flexibility index (Phi) is 3.84. The Labute approximate surface area is 117 Å². The Bertz CT molecular complexity index is 683. The van der Waals surface area contributed by atoms with E-state index in [1.807, 2.05) is 0 Å². The second kappa shape index (κ2) is 5.43. The van der Waals surface area contributed by atoms with Crippen LogP contribution in [0.15, 0.2) is 36.4 Å². The summed E-state index contributed by atoms with van der Waals surface area (Å²) in [5.74, 6) is -1.14. The first-order valence-electron chi connectivity index (χ1n) is 5.83. The lowest BCUT2D eigenvalue weighted by Gasteiger charge is -2.10. The monoisotopic (exact) mass is 297 g/mol. The van der Waals surface area contributed by atoms with Gasteiger partial charge in [0.05, 0.1) is 16.8 Å². The number of hydrogen-bond donors (Lipinski definition) is 1. The molecule has 2 aromatic rings. The normalized spacial score (nSPS) is 11.2. The Morgan fingerprint density at radius 1 is 1.24 bits per heavy atom. The summed E-state index contributed by atoms with van der Waals surface area (Å²) >= 11 is 0. The van der Waals surface area contributed by atoms with Crippen LogP contribution >= 0.6 is 0 Å². The van der Waals surface area contributed by atoms with Gasteiger partial charge >= 0.3 is 12.1 Å². The summed E-state index contributed by atoms with van der Waals surface area (Å²) in [6.45, 7) is 1.47. The predicted octanol–water partition coefficient (Wildman–Crippen LogP) is 3.90. The minimum atomic E-state index is -4.46. The van der Waals surface area contributed by atoms with E-state index in [1.54, 1.807) is 0 Å². The van der Waals surface area contributed by atoms with Crippen LogP contribution < -0.4 is 4.74 Å². The largest absolute Gasteiger partial charge is 0.478 e. The molecule has 0 fully saturated rings. The summed E-state index contributed by atoms with van der Waals surface area (Å²) in [5, 5.41) is 8.87. The van der Waals surface area contributed by atoms with Crippen LogP contribution in [0.1, 0.15) is 21.6 Å². The van der Waals surface area contributed by atoms with Gasteiger partial charge in [-0.1, -0.05) is 6.07 Å². The number of rotatable bonds is 3. The molecule has 2 rings (SSSR count). The third kappa shape index (κ3) is 3.50. The van der Waals surface area contributed by atoms with Gasteiger partial charge < -0.3 is 9.84 Å². The SMILES string of the molecule is Cc1nc(Oc2cccc(C(F)(F)F)c2)ccc1C(=O)O. The van der Waals surface area contributed by atoms with Crippen molar-refractivity contribution in [1.82, 2.24) is 4.98 Å². The number of aromatic carboxylic acids is 1. The van der Waals surface area contributed by atoms with E-state index in [4.69, 9.17) is 9.84 Å². The van der Waals surface area contributed by atoms with Crippen molar-refractivity contribution < 1.29 is 27.8 Å². The molecule has 0 spiro atoms. The first kappa shape index (κ1) is 14.8. The fourth-order valence-corrected chi connectivity index (χ4v) is 1.68. The van der Waals surface area contributed by atoms with Crippen molar-refractivity contribution in [2.24, 2.45) is 0 Å². The summed E-state index contributed by atoms with van der Waals surface area (Å²) in [5.41, 5.74) is -0.614. The van der Waals surface area contributed by atoms with Gasteiger partial charge in [0.15, 0.2) is 0 Å². The van der Waals surface area contributed by atoms with Gasteiger partial charge in [-0.15, -0.1) is 0 Å². The van der Waals surface area contributed by atoms with Crippen LogP contribution in [0.4, 0.5) is 13.2 Å². The summed E-state index contributed by atoms with van der Waals surface area (Å²) in [6, 6.07) is 6.93. The van der Waals surface area contributed by atoms with Gasteiger partial charge in [-0.05, 0) is 31.2 Å². The molecule has 0 saturated heterocycles. The number of halogens is 3. The van der Waals surface area contributed by atoms with Crippen LogP contribution in [0.3, 0.4) is 0 Å². The van der Waals surface area contributed by atoms with E-state index in [-0.39, 0.29) is 22.9 Å². The average Bonchev–Trinajstić information content (AvgIpc) is 2.37. The zero-order valence-corrected chi connectivity index (χ0v) is 10.8. The van der Waals surface area contributed by atoms with Crippen LogP contribution in [-0.2, 0) is 6.18 Å². The number of ether oxygens (including phenoxy) is 1. The van der Waals surface area contributed by atoms with Gasteiger partial charge in [0.25, 0.3) is 0 Å². The van der Waals surface area contributed by atoms with Crippen molar-refractivity contribution in [3.63, 3.8) is 0 Å². The number of carboxylic acids is 1. The molecule has 21 heavy (non-hydrogen) atoms. The number of carbonyl (C=O) groups is 1. The van der Waals surface area contributed by atoms with E-state index >= 15 is 0 Å². The first-order valence-corrected chi connectivity index (χ1v) is 5.83. The van der Waals surface area contributed by atoms with Crippen LogP contribution in [0.5, 0.6) is 11.6 Å². The van der Waals surface area contributed by atoms with Crippen LogP contribution in [-0.4, -0.2) is 16.1 Å². The van der Waals surface area contributed by atoms with Gasteiger partial charge in [-0.3, -0.25) is 0 Å². The lowest BCUT2D eigenvalue weighted by atomic mass is 10.2. The molecule has 0 saturated carbocycles. The number of benzene rings is 1. The molecule has 7 heteroatoms. The summed E-state index contributed by atoms with van der Waals surface area (Å²) in [6.07, 6.45) is -4.46. The number of alkyl halides is 3. The molecule has 0 amide bonds. The van der Waals surface area contributed by atoms with E-state index in [2.05, 4.69) is 4.98 Å². The number of nitrogens with zero attached hydrogens (tertiary/aromatic N) is 1. The molecule has 0 unspecified atom stereocenters. The Balaban J connectivity index is 2.27. The van der Waals surface area contributed by atoms with Gasteiger partial charge in [-0.25, -0.2) is 9.78 Å². The summed E-state index contributed by atoms with van der Waals surface area (Å²) in [7, 11) is 0. The predicted molar refractivity (Wildman–Crippen MR) is 67.5 cm³/mol. The molecule has 0 atom stereocenters. The zero-order valence-electron chi connectivity index (χ0n) is 10.8. The summed E-state index contributed by atoms with van der Waals surface area (Å²) < 4.78 is 43.0. The smallest absolute Gasteiger partial charge is 0.416 e. The van der Waals surface area contributed by atoms with E-state index in [1.165, 1.54) is 31.2 Å². The van der Waals surface area contributed by atoms with E-state index in [0.29, 0.717) is 0 Å². The van der Waals surface area contributed by atoms with Crippen LogP contribution in [0.25, 0.3) is 0 Å². The fourth-order valence-electron chi connectivity index (χ4n) is 1.68. The first-order chi connectivity index (χ1) is 9.77. The van der Waals surface area contributed by atoms with Crippen molar-refractivity contribution in [2.75, 3.05) is 0 Å². The van der Waals surface area contributed by atoms with Crippen molar-refractivity contribution in [3.8, 4) is 11.6 Å². The molecule has 0 aliphatic carbocycles. The molecule has 0 bridgehead atoms. The minimum absolute atomic E-state index is 0.00592. The van der Waals surface area contributed by atoms with Gasteiger partial charge in [-0.2, -0.15) is 13.2 Å². The molecular formula is C14H10F3NO3. The topological polar surface area (TPSA) is 59.4 Å². The number of carboxylic acid groups (broad SMARTS) is 1. The molecule has 0 radical (unpaired) electrons. The van der Waals surface area contributed by atoms with E-state index < -0.39 is 17.7 Å². The maximum absolute atomic E-state index is 12.6.